The number of nitrogens with two attached hydrogens (primary N) is 1. The summed E-state index contributed by atoms with van der Waals surface area (Å²) in [6, 6.07) is 10.4. The average Bonchev–Trinajstić information content (AvgIpc) is 2.47. The van der Waals surface area contributed by atoms with Crippen molar-refractivity contribution in [2.45, 2.75) is 5.92 Å². The first-order chi connectivity index (χ1) is 9.31. The molecular weight excluding hydrogens is 240 g/mol. The Hall–Kier alpha value is -0.940. The predicted molar refractivity (Wildman–Crippen MR) is 78.4 cm³/mol. The van der Waals surface area contributed by atoms with Crippen molar-refractivity contribution in [2.75, 3.05) is 53.6 Å². The van der Waals surface area contributed by atoms with Crippen LogP contribution in [0.3, 0.4) is 0 Å². The summed E-state index contributed by atoms with van der Waals surface area (Å²) in [5.41, 5.74) is 7.22. The normalized spacial score (nSPS) is 12.8. The van der Waals surface area contributed by atoms with Crippen molar-refractivity contribution in [3.05, 3.63) is 35.9 Å². The van der Waals surface area contributed by atoms with Gasteiger partial charge in [-0.05, 0) is 5.56 Å². The molecule has 0 aromatic heterocycles. The Bertz CT molecular complexity index is 311. The molecule has 1 atom stereocenters. The van der Waals surface area contributed by atoms with Gasteiger partial charge in [-0.2, -0.15) is 0 Å². The Balaban J connectivity index is 2.58. The number of methoxy groups -OCH3 is 2. The van der Waals surface area contributed by atoms with E-state index >= 15 is 0 Å². The molecule has 108 valence electrons. The molecule has 0 aliphatic rings. The lowest BCUT2D eigenvalue weighted by Crippen LogP contribution is -2.36. The molecule has 0 aliphatic carbocycles. The SMILES string of the molecule is COCCN(CCOC)CC(CN)c1ccccc1. The minimum atomic E-state index is 0.356. The zero-order valence-electron chi connectivity index (χ0n) is 12.0. The molecule has 0 saturated heterocycles. The summed E-state index contributed by atoms with van der Waals surface area (Å²) in [6.45, 7) is 4.87. The van der Waals surface area contributed by atoms with Crippen molar-refractivity contribution >= 4 is 0 Å². The van der Waals surface area contributed by atoms with E-state index < -0.39 is 0 Å². The maximum absolute atomic E-state index is 5.92. The highest BCUT2D eigenvalue weighted by Gasteiger charge is 2.14. The van der Waals surface area contributed by atoms with Crippen LogP contribution < -0.4 is 5.73 Å². The first-order valence-corrected chi connectivity index (χ1v) is 6.77. The van der Waals surface area contributed by atoms with E-state index in [0.29, 0.717) is 12.5 Å². The smallest absolute Gasteiger partial charge is 0.0589 e. The second kappa shape index (κ2) is 9.92. The zero-order chi connectivity index (χ0) is 13.9. The van der Waals surface area contributed by atoms with Crippen LogP contribution >= 0.6 is 0 Å². The predicted octanol–water partition coefficient (Wildman–Crippen LogP) is 1.32. The fraction of sp³-hybridized carbons (Fsp3) is 0.600. The van der Waals surface area contributed by atoms with Crippen molar-refractivity contribution in [3.63, 3.8) is 0 Å². The highest BCUT2D eigenvalue weighted by molar-refractivity contribution is 5.20. The van der Waals surface area contributed by atoms with Crippen molar-refractivity contribution < 1.29 is 9.47 Å². The lowest BCUT2D eigenvalue weighted by Gasteiger charge is -2.26. The van der Waals surface area contributed by atoms with Crippen molar-refractivity contribution in [3.8, 4) is 0 Å². The first-order valence-electron chi connectivity index (χ1n) is 6.77. The number of nitrogens with zero attached hydrogens (tertiary/aromatic N) is 1. The van der Waals surface area contributed by atoms with Crippen molar-refractivity contribution in [2.24, 2.45) is 5.73 Å². The molecule has 1 aromatic carbocycles. The van der Waals surface area contributed by atoms with E-state index in [-0.39, 0.29) is 0 Å². The van der Waals surface area contributed by atoms with Crippen LogP contribution in [0.15, 0.2) is 30.3 Å². The van der Waals surface area contributed by atoms with Crippen LogP contribution in [0.25, 0.3) is 0 Å². The lowest BCUT2D eigenvalue weighted by atomic mass is 9.98. The molecule has 1 rings (SSSR count). The second-order valence-corrected chi connectivity index (χ2v) is 4.63. The average molecular weight is 266 g/mol. The molecule has 0 fully saturated rings. The Morgan fingerprint density at radius 1 is 1.05 bits per heavy atom. The topological polar surface area (TPSA) is 47.7 Å². The second-order valence-electron chi connectivity index (χ2n) is 4.63. The van der Waals surface area contributed by atoms with E-state index in [1.165, 1.54) is 5.56 Å². The van der Waals surface area contributed by atoms with E-state index in [4.69, 9.17) is 15.2 Å². The van der Waals surface area contributed by atoms with Gasteiger partial charge in [0, 0.05) is 46.3 Å². The van der Waals surface area contributed by atoms with Gasteiger partial charge in [-0.1, -0.05) is 30.3 Å². The van der Waals surface area contributed by atoms with Crippen LogP contribution in [0.5, 0.6) is 0 Å². The Labute approximate surface area is 116 Å². The van der Waals surface area contributed by atoms with Gasteiger partial charge in [0.1, 0.15) is 0 Å². The van der Waals surface area contributed by atoms with Crippen LogP contribution in [0.1, 0.15) is 11.5 Å². The Kier molecular flexibility index (Phi) is 8.41. The number of hydrogen-bond acceptors (Lipinski definition) is 4. The summed E-state index contributed by atoms with van der Waals surface area (Å²) in [7, 11) is 3.46. The van der Waals surface area contributed by atoms with Gasteiger partial charge in [-0.25, -0.2) is 0 Å². The molecule has 4 nitrogen and oxygen atoms in total. The summed E-state index contributed by atoms with van der Waals surface area (Å²) in [4.78, 5) is 2.34. The zero-order valence-corrected chi connectivity index (χ0v) is 12.0. The van der Waals surface area contributed by atoms with Gasteiger partial charge in [0.05, 0.1) is 13.2 Å². The van der Waals surface area contributed by atoms with Crippen LogP contribution in [-0.4, -0.2) is 58.5 Å². The molecule has 0 amide bonds. The molecule has 19 heavy (non-hydrogen) atoms. The molecule has 1 aromatic rings. The lowest BCUT2D eigenvalue weighted by molar-refractivity contribution is 0.110. The van der Waals surface area contributed by atoms with Crippen LogP contribution in [0.2, 0.25) is 0 Å². The fourth-order valence-corrected chi connectivity index (χ4v) is 2.09. The molecule has 0 radical (unpaired) electrons. The van der Waals surface area contributed by atoms with Crippen molar-refractivity contribution in [1.29, 1.82) is 0 Å². The highest BCUT2D eigenvalue weighted by atomic mass is 16.5. The third-order valence-corrected chi connectivity index (χ3v) is 3.26. The Morgan fingerprint density at radius 3 is 2.11 bits per heavy atom. The number of ether oxygens (including phenoxy) is 2. The number of benzene rings is 1. The maximum Gasteiger partial charge on any atom is 0.0589 e. The summed E-state index contributed by atoms with van der Waals surface area (Å²) < 4.78 is 10.3. The van der Waals surface area contributed by atoms with Gasteiger partial charge < -0.3 is 15.2 Å². The minimum absolute atomic E-state index is 0.356. The molecule has 2 N–H and O–H groups in total. The molecule has 0 aliphatic heterocycles. The molecule has 4 heteroatoms. The molecule has 1 unspecified atom stereocenters. The van der Waals surface area contributed by atoms with E-state index in [0.717, 1.165) is 32.8 Å². The standard InChI is InChI=1S/C15H26N2O2/c1-18-10-8-17(9-11-19-2)13-15(12-16)14-6-4-3-5-7-14/h3-7,15H,8-13,16H2,1-2H3. The molecule has 0 spiro atoms. The summed E-state index contributed by atoms with van der Waals surface area (Å²) >= 11 is 0. The number of rotatable bonds is 10. The third-order valence-electron chi connectivity index (χ3n) is 3.26. The fourth-order valence-electron chi connectivity index (χ4n) is 2.09. The van der Waals surface area contributed by atoms with E-state index in [1.807, 2.05) is 6.07 Å². The molecule has 0 heterocycles. The number of hydrogen-bond donors (Lipinski definition) is 1. The third kappa shape index (κ3) is 6.16. The Morgan fingerprint density at radius 2 is 1.63 bits per heavy atom. The highest BCUT2D eigenvalue weighted by Crippen LogP contribution is 2.15. The van der Waals surface area contributed by atoms with Crippen LogP contribution in [0.4, 0.5) is 0 Å². The van der Waals surface area contributed by atoms with Crippen LogP contribution in [-0.2, 0) is 9.47 Å². The van der Waals surface area contributed by atoms with Crippen LogP contribution in [0, 0.1) is 0 Å². The summed E-state index contributed by atoms with van der Waals surface area (Å²) in [5.74, 6) is 0.356. The largest absolute Gasteiger partial charge is 0.383 e. The minimum Gasteiger partial charge on any atom is -0.383 e. The molecule has 0 saturated carbocycles. The van der Waals surface area contributed by atoms with Gasteiger partial charge in [-0.15, -0.1) is 0 Å². The monoisotopic (exact) mass is 266 g/mol. The van der Waals surface area contributed by atoms with Crippen molar-refractivity contribution in [1.82, 2.24) is 4.90 Å². The van der Waals surface area contributed by atoms with Gasteiger partial charge in [0.2, 0.25) is 0 Å². The van der Waals surface area contributed by atoms with E-state index in [2.05, 4.69) is 29.2 Å². The van der Waals surface area contributed by atoms with Gasteiger partial charge in [-0.3, -0.25) is 4.90 Å². The van der Waals surface area contributed by atoms with Gasteiger partial charge >= 0.3 is 0 Å². The molecular formula is C15H26N2O2. The maximum atomic E-state index is 5.92. The first kappa shape index (κ1) is 16.1. The van der Waals surface area contributed by atoms with Gasteiger partial charge in [0.25, 0.3) is 0 Å². The van der Waals surface area contributed by atoms with E-state index in [1.54, 1.807) is 14.2 Å². The molecule has 0 bridgehead atoms. The van der Waals surface area contributed by atoms with Gasteiger partial charge in [0.15, 0.2) is 0 Å². The van der Waals surface area contributed by atoms with E-state index in [9.17, 15) is 0 Å². The summed E-state index contributed by atoms with van der Waals surface area (Å²) in [6.07, 6.45) is 0. The summed E-state index contributed by atoms with van der Waals surface area (Å²) in [5, 5.41) is 0. The quantitative estimate of drug-likeness (QED) is 0.694.